The molecule has 0 spiro atoms. The summed E-state index contributed by atoms with van der Waals surface area (Å²) >= 11 is 0. The van der Waals surface area contributed by atoms with Crippen molar-refractivity contribution < 1.29 is 15.0 Å². The van der Waals surface area contributed by atoms with Crippen molar-refractivity contribution in [3.8, 4) is 0 Å². The molecule has 1 atom stereocenters. The summed E-state index contributed by atoms with van der Waals surface area (Å²) in [5.41, 5.74) is 1.42. The van der Waals surface area contributed by atoms with Crippen molar-refractivity contribution in [3.63, 3.8) is 0 Å². The van der Waals surface area contributed by atoms with Crippen molar-refractivity contribution in [1.82, 2.24) is 4.98 Å². The van der Waals surface area contributed by atoms with Gasteiger partial charge in [0.15, 0.2) is 0 Å². The van der Waals surface area contributed by atoms with Gasteiger partial charge in [0.2, 0.25) is 0 Å². The molecule has 0 saturated heterocycles. The van der Waals surface area contributed by atoms with Crippen LogP contribution < -0.4 is 0 Å². The summed E-state index contributed by atoms with van der Waals surface area (Å²) in [4.78, 5) is 15.4. The van der Waals surface area contributed by atoms with Crippen molar-refractivity contribution in [1.29, 1.82) is 0 Å². The highest BCUT2D eigenvalue weighted by molar-refractivity contribution is 5.84. The molecule has 1 unspecified atom stereocenters. The number of nitrogens with zero attached hydrogens (tertiary/aromatic N) is 1. The zero-order valence-electron chi connectivity index (χ0n) is 10.9. The molecule has 1 saturated carbocycles. The summed E-state index contributed by atoms with van der Waals surface area (Å²) < 4.78 is 0. The molecule has 1 aromatic heterocycles. The standard InChI is InChI=1S/C16H15NO3/c18-14(12-4-2-8-17-10-12)11-3-1-5-13(9-11)16(6-7-16)15(19)20/h1-5,8-10,14,18H,6-7H2,(H,19,20). The predicted molar refractivity (Wildman–Crippen MR) is 73.3 cm³/mol. The van der Waals surface area contributed by atoms with Gasteiger partial charge in [-0.1, -0.05) is 30.3 Å². The fourth-order valence-electron chi connectivity index (χ4n) is 2.49. The Hall–Kier alpha value is -2.20. The van der Waals surface area contributed by atoms with E-state index in [0.29, 0.717) is 24.0 Å². The minimum Gasteiger partial charge on any atom is -0.481 e. The molecule has 4 nitrogen and oxygen atoms in total. The van der Waals surface area contributed by atoms with Gasteiger partial charge >= 0.3 is 5.97 Å². The summed E-state index contributed by atoms with van der Waals surface area (Å²) in [5.74, 6) is -0.787. The lowest BCUT2D eigenvalue weighted by Crippen LogP contribution is -2.19. The second-order valence-electron chi connectivity index (χ2n) is 5.20. The summed E-state index contributed by atoms with van der Waals surface area (Å²) in [7, 11) is 0. The zero-order chi connectivity index (χ0) is 14.2. The van der Waals surface area contributed by atoms with E-state index in [2.05, 4.69) is 4.98 Å². The molecule has 1 heterocycles. The summed E-state index contributed by atoms with van der Waals surface area (Å²) in [5, 5.41) is 19.7. The van der Waals surface area contributed by atoms with Gasteiger partial charge in [-0.05, 0) is 30.0 Å². The Balaban J connectivity index is 1.94. The highest BCUT2D eigenvalue weighted by Gasteiger charge is 2.51. The molecule has 0 aliphatic heterocycles. The van der Waals surface area contributed by atoms with E-state index in [9.17, 15) is 15.0 Å². The number of pyridine rings is 1. The van der Waals surface area contributed by atoms with E-state index >= 15 is 0 Å². The van der Waals surface area contributed by atoms with Crippen LogP contribution in [0.4, 0.5) is 0 Å². The second kappa shape index (κ2) is 4.72. The Kier molecular flexibility index (Phi) is 3.03. The number of carboxylic acids is 1. The van der Waals surface area contributed by atoms with Crippen LogP contribution in [0, 0.1) is 0 Å². The molecule has 2 N–H and O–H groups in total. The molecule has 102 valence electrons. The summed E-state index contributed by atoms with van der Waals surface area (Å²) in [6.07, 6.45) is 3.80. The van der Waals surface area contributed by atoms with Gasteiger partial charge in [-0.25, -0.2) is 0 Å². The van der Waals surface area contributed by atoms with E-state index in [-0.39, 0.29) is 0 Å². The van der Waals surface area contributed by atoms with Crippen molar-refractivity contribution in [2.45, 2.75) is 24.4 Å². The molecular formula is C16H15NO3. The number of aliphatic carboxylic acids is 1. The lowest BCUT2D eigenvalue weighted by atomic mass is 9.92. The number of hydrogen-bond acceptors (Lipinski definition) is 3. The SMILES string of the molecule is O=C(O)C1(c2cccc(C(O)c3cccnc3)c2)CC1. The van der Waals surface area contributed by atoms with E-state index in [1.165, 1.54) is 0 Å². The molecule has 0 radical (unpaired) electrons. The van der Waals surface area contributed by atoms with Gasteiger partial charge in [-0.3, -0.25) is 9.78 Å². The van der Waals surface area contributed by atoms with Crippen LogP contribution in [0.15, 0.2) is 48.8 Å². The van der Waals surface area contributed by atoms with Crippen LogP contribution in [-0.2, 0) is 10.2 Å². The molecule has 1 aliphatic rings. The average Bonchev–Trinajstić information content (AvgIpc) is 3.29. The third-order valence-electron chi connectivity index (χ3n) is 3.91. The summed E-state index contributed by atoms with van der Waals surface area (Å²) in [6.45, 7) is 0. The van der Waals surface area contributed by atoms with Gasteiger partial charge in [0.1, 0.15) is 6.10 Å². The van der Waals surface area contributed by atoms with Crippen LogP contribution in [-0.4, -0.2) is 21.2 Å². The minimum atomic E-state index is -0.787. The molecule has 1 fully saturated rings. The molecule has 1 aliphatic carbocycles. The number of aliphatic hydroxyl groups excluding tert-OH is 1. The normalized spacial score (nSPS) is 17.4. The first-order valence-electron chi connectivity index (χ1n) is 6.55. The Labute approximate surface area is 116 Å². The lowest BCUT2D eigenvalue weighted by Gasteiger charge is -2.15. The van der Waals surface area contributed by atoms with Gasteiger partial charge in [-0.15, -0.1) is 0 Å². The average molecular weight is 269 g/mol. The van der Waals surface area contributed by atoms with Crippen LogP contribution in [0.5, 0.6) is 0 Å². The van der Waals surface area contributed by atoms with Crippen LogP contribution in [0.25, 0.3) is 0 Å². The maximum Gasteiger partial charge on any atom is 0.314 e. The Morgan fingerprint density at radius 1 is 1.20 bits per heavy atom. The largest absolute Gasteiger partial charge is 0.481 e. The number of benzene rings is 1. The van der Waals surface area contributed by atoms with E-state index in [4.69, 9.17) is 0 Å². The maximum atomic E-state index is 11.4. The molecule has 20 heavy (non-hydrogen) atoms. The first-order valence-corrected chi connectivity index (χ1v) is 6.55. The minimum absolute atomic E-state index is 0.661. The third kappa shape index (κ3) is 2.08. The number of rotatable bonds is 4. The highest BCUT2D eigenvalue weighted by atomic mass is 16.4. The fourth-order valence-corrected chi connectivity index (χ4v) is 2.49. The van der Waals surface area contributed by atoms with E-state index in [1.54, 1.807) is 42.7 Å². The van der Waals surface area contributed by atoms with Crippen molar-refractivity contribution in [2.24, 2.45) is 0 Å². The Bertz CT molecular complexity index is 635. The van der Waals surface area contributed by atoms with E-state index < -0.39 is 17.5 Å². The fraction of sp³-hybridized carbons (Fsp3) is 0.250. The van der Waals surface area contributed by atoms with Gasteiger partial charge in [0, 0.05) is 18.0 Å². The molecular weight excluding hydrogens is 254 g/mol. The van der Waals surface area contributed by atoms with E-state index in [1.807, 2.05) is 6.07 Å². The monoisotopic (exact) mass is 269 g/mol. The lowest BCUT2D eigenvalue weighted by molar-refractivity contribution is -0.140. The number of hydrogen-bond donors (Lipinski definition) is 2. The van der Waals surface area contributed by atoms with Crippen LogP contribution in [0.1, 0.15) is 35.6 Å². The first-order chi connectivity index (χ1) is 9.63. The quantitative estimate of drug-likeness (QED) is 0.893. The molecule has 0 bridgehead atoms. The molecule has 0 amide bonds. The smallest absolute Gasteiger partial charge is 0.314 e. The van der Waals surface area contributed by atoms with Crippen LogP contribution in [0.2, 0.25) is 0 Å². The zero-order valence-corrected chi connectivity index (χ0v) is 10.9. The number of carboxylic acid groups (broad SMARTS) is 1. The van der Waals surface area contributed by atoms with Gasteiger partial charge in [0.05, 0.1) is 5.41 Å². The van der Waals surface area contributed by atoms with Crippen molar-refractivity contribution in [3.05, 3.63) is 65.5 Å². The topological polar surface area (TPSA) is 70.4 Å². The highest BCUT2D eigenvalue weighted by Crippen LogP contribution is 2.48. The second-order valence-corrected chi connectivity index (χ2v) is 5.20. The Morgan fingerprint density at radius 3 is 2.55 bits per heavy atom. The predicted octanol–water partition coefficient (Wildman–Crippen LogP) is 2.28. The third-order valence-corrected chi connectivity index (χ3v) is 3.91. The van der Waals surface area contributed by atoms with E-state index in [0.717, 1.165) is 5.56 Å². The van der Waals surface area contributed by atoms with Crippen molar-refractivity contribution in [2.75, 3.05) is 0 Å². The Morgan fingerprint density at radius 2 is 1.95 bits per heavy atom. The molecule has 1 aromatic carbocycles. The summed E-state index contributed by atoms with van der Waals surface area (Å²) in [6, 6.07) is 10.8. The maximum absolute atomic E-state index is 11.4. The van der Waals surface area contributed by atoms with Crippen LogP contribution >= 0.6 is 0 Å². The van der Waals surface area contributed by atoms with Gasteiger partial charge in [0.25, 0.3) is 0 Å². The number of aliphatic hydroxyl groups is 1. The van der Waals surface area contributed by atoms with Gasteiger partial charge in [-0.2, -0.15) is 0 Å². The van der Waals surface area contributed by atoms with Gasteiger partial charge < -0.3 is 10.2 Å². The van der Waals surface area contributed by atoms with Crippen molar-refractivity contribution >= 4 is 5.97 Å². The molecule has 2 aromatic rings. The number of carbonyl (C=O) groups is 1. The number of aromatic nitrogens is 1. The molecule has 3 rings (SSSR count). The first kappa shape index (κ1) is 12.8. The van der Waals surface area contributed by atoms with Crippen LogP contribution in [0.3, 0.4) is 0 Å². The molecule has 4 heteroatoms.